The third-order valence-corrected chi connectivity index (χ3v) is 3.95. The normalized spacial score (nSPS) is 17.6. The lowest BCUT2D eigenvalue weighted by Crippen LogP contribution is -2.44. The van der Waals surface area contributed by atoms with Crippen molar-refractivity contribution in [2.45, 2.75) is 32.7 Å². The second-order valence-corrected chi connectivity index (χ2v) is 6.11. The van der Waals surface area contributed by atoms with Gasteiger partial charge in [0.05, 0.1) is 6.61 Å². The lowest BCUT2D eigenvalue weighted by atomic mass is 10.0. The van der Waals surface area contributed by atoms with E-state index in [-0.39, 0.29) is 0 Å². The summed E-state index contributed by atoms with van der Waals surface area (Å²) in [6, 6.07) is 0.703. The quantitative estimate of drug-likeness (QED) is 0.650. The Labute approximate surface area is 125 Å². The summed E-state index contributed by atoms with van der Waals surface area (Å²) >= 11 is 0. The van der Waals surface area contributed by atoms with Gasteiger partial charge in [0.1, 0.15) is 0 Å². The molecule has 1 aliphatic heterocycles. The number of nitrogens with one attached hydrogen (secondary N) is 1. The van der Waals surface area contributed by atoms with Gasteiger partial charge in [-0.1, -0.05) is 11.6 Å². The number of likely N-dealkylation sites (N-methyl/N-ethyl adjacent to an activating group) is 1. The molecule has 0 amide bonds. The molecule has 0 saturated carbocycles. The molecular weight excluding hydrogens is 250 g/mol. The average molecular weight is 283 g/mol. The molecule has 1 N–H and O–H groups in total. The predicted molar refractivity (Wildman–Crippen MR) is 86.3 cm³/mol. The number of nitrogens with zero attached hydrogens (tertiary/aromatic N) is 2. The van der Waals surface area contributed by atoms with Crippen LogP contribution >= 0.6 is 0 Å². The van der Waals surface area contributed by atoms with Gasteiger partial charge in [0.2, 0.25) is 0 Å². The van der Waals surface area contributed by atoms with Gasteiger partial charge in [-0.05, 0) is 46.8 Å². The zero-order chi connectivity index (χ0) is 14.8. The maximum absolute atomic E-state index is 5.09. The molecule has 0 aromatic heterocycles. The molecule has 118 valence electrons. The summed E-state index contributed by atoms with van der Waals surface area (Å²) < 4.78 is 5.09. The SMILES string of the molecule is COCCN(C)CCNC1CCN(CC=C(C)C)CC1. The molecule has 0 aromatic rings. The molecule has 0 spiro atoms. The topological polar surface area (TPSA) is 27.7 Å². The van der Waals surface area contributed by atoms with Crippen molar-refractivity contribution in [1.29, 1.82) is 0 Å². The number of methoxy groups -OCH3 is 1. The standard InChI is InChI=1S/C16H33N3O/c1-15(2)5-9-19-10-6-16(7-11-19)17-8-12-18(3)13-14-20-4/h5,16-17H,6-14H2,1-4H3. The minimum absolute atomic E-state index is 0.703. The van der Waals surface area contributed by atoms with E-state index in [1.165, 1.54) is 31.5 Å². The van der Waals surface area contributed by atoms with Gasteiger partial charge in [0.15, 0.2) is 0 Å². The Kier molecular flexibility index (Phi) is 9.10. The van der Waals surface area contributed by atoms with Gasteiger partial charge in [0.25, 0.3) is 0 Å². The van der Waals surface area contributed by atoms with Crippen LogP contribution in [0.4, 0.5) is 0 Å². The molecule has 0 atom stereocenters. The molecule has 4 heteroatoms. The number of piperidine rings is 1. The molecule has 1 aliphatic rings. The lowest BCUT2D eigenvalue weighted by Gasteiger charge is -2.32. The second-order valence-electron chi connectivity index (χ2n) is 6.11. The van der Waals surface area contributed by atoms with Gasteiger partial charge < -0.3 is 15.0 Å². The first-order chi connectivity index (χ1) is 9.61. The highest BCUT2D eigenvalue weighted by atomic mass is 16.5. The Morgan fingerprint density at radius 2 is 2.00 bits per heavy atom. The smallest absolute Gasteiger partial charge is 0.0589 e. The predicted octanol–water partition coefficient (Wildman–Crippen LogP) is 1.58. The Bertz CT molecular complexity index is 269. The molecule has 0 bridgehead atoms. The summed E-state index contributed by atoms with van der Waals surface area (Å²) in [4.78, 5) is 4.87. The van der Waals surface area contributed by atoms with Crippen LogP contribution in [-0.4, -0.2) is 75.9 Å². The number of allylic oxidation sites excluding steroid dienone is 1. The van der Waals surface area contributed by atoms with E-state index >= 15 is 0 Å². The highest BCUT2D eigenvalue weighted by Gasteiger charge is 2.17. The molecule has 1 saturated heterocycles. The monoisotopic (exact) mass is 283 g/mol. The van der Waals surface area contributed by atoms with E-state index in [1.807, 2.05) is 0 Å². The van der Waals surface area contributed by atoms with E-state index < -0.39 is 0 Å². The molecule has 0 radical (unpaired) electrons. The van der Waals surface area contributed by atoms with Crippen LogP contribution in [0.3, 0.4) is 0 Å². The van der Waals surface area contributed by atoms with E-state index in [2.05, 4.69) is 42.1 Å². The molecule has 0 unspecified atom stereocenters. The van der Waals surface area contributed by atoms with Crippen LogP contribution in [-0.2, 0) is 4.74 Å². The average Bonchev–Trinajstić information content (AvgIpc) is 2.44. The molecule has 20 heavy (non-hydrogen) atoms. The third kappa shape index (κ3) is 8.00. The minimum Gasteiger partial charge on any atom is -0.383 e. The number of hydrogen-bond donors (Lipinski definition) is 1. The Balaban J connectivity index is 2.06. The molecule has 0 aliphatic carbocycles. The molecule has 1 heterocycles. The number of likely N-dealkylation sites (tertiary alicyclic amines) is 1. The maximum atomic E-state index is 5.09. The largest absolute Gasteiger partial charge is 0.383 e. The van der Waals surface area contributed by atoms with Crippen LogP contribution < -0.4 is 5.32 Å². The van der Waals surface area contributed by atoms with Gasteiger partial charge in [0, 0.05) is 39.3 Å². The summed E-state index contributed by atoms with van der Waals surface area (Å²) in [5, 5.41) is 3.69. The first kappa shape index (κ1) is 17.6. The fraction of sp³-hybridized carbons (Fsp3) is 0.875. The Morgan fingerprint density at radius 1 is 1.30 bits per heavy atom. The van der Waals surface area contributed by atoms with Crippen LogP contribution in [0.2, 0.25) is 0 Å². The van der Waals surface area contributed by atoms with Crippen molar-refractivity contribution in [3.63, 3.8) is 0 Å². The van der Waals surface area contributed by atoms with Crippen LogP contribution in [0.25, 0.3) is 0 Å². The van der Waals surface area contributed by atoms with E-state index in [1.54, 1.807) is 7.11 Å². The fourth-order valence-electron chi connectivity index (χ4n) is 2.45. The zero-order valence-corrected chi connectivity index (χ0v) is 13.8. The van der Waals surface area contributed by atoms with Gasteiger partial charge >= 0.3 is 0 Å². The maximum Gasteiger partial charge on any atom is 0.0589 e. The van der Waals surface area contributed by atoms with E-state index in [0.717, 1.165) is 32.8 Å². The van der Waals surface area contributed by atoms with Gasteiger partial charge in [-0.3, -0.25) is 4.90 Å². The van der Waals surface area contributed by atoms with Gasteiger partial charge in [-0.2, -0.15) is 0 Å². The van der Waals surface area contributed by atoms with Crippen LogP contribution in [0, 0.1) is 0 Å². The molecular formula is C16H33N3O. The first-order valence-corrected chi connectivity index (χ1v) is 7.88. The van der Waals surface area contributed by atoms with Crippen molar-refractivity contribution in [2.24, 2.45) is 0 Å². The number of ether oxygens (including phenoxy) is 1. The van der Waals surface area contributed by atoms with E-state index in [0.29, 0.717) is 6.04 Å². The summed E-state index contributed by atoms with van der Waals surface area (Å²) in [5.74, 6) is 0. The first-order valence-electron chi connectivity index (χ1n) is 7.88. The summed E-state index contributed by atoms with van der Waals surface area (Å²) in [7, 11) is 3.91. The van der Waals surface area contributed by atoms with Gasteiger partial charge in [-0.15, -0.1) is 0 Å². The Hall–Kier alpha value is -0.420. The molecule has 1 rings (SSSR count). The highest BCUT2D eigenvalue weighted by molar-refractivity contribution is 4.95. The third-order valence-electron chi connectivity index (χ3n) is 3.95. The van der Waals surface area contributed by atoms with Crippen molar-refractivity contribution < 1.29 is 4.74 Å². The summed E-state index contributed by atoms with van der Waals surface area (Å²) in [6.07, 6.45) is 4.88. The van der Waals surface area contributed by atoms with Gasteiger partial charge in [-0.25, -0.2) is 0 Å². The van der Waals surface area contributed by atoms with Crippen molar-refractivity contribution in [3.05, 3.63) is 11.6 Å². The van der Waals surface area contributed by atoms with Crippen molar-refractivity contribution in [1.82, 2.24) is 15.1 Å². The van der Waals surface area contributed by atoms with Crippen molar-refractivity contribution in [2.75, 3.05) is 60.0 Å². The van der Waals surface area contributed by atoms with Crippen LogP contribution in [0.5, 0.6) is 0 Å². The minimum atomic E-state index is 0.703. The molecule has 0 aromatic carbocycles. The van der Waals surface area contributed by atoms with Crippen LogP contribution in [0.1, 0.15) is 26.7 Å². The fourth-order valence-corrected chi connectivity index (χ4v) is 2.45. The van der Waals surface area contributed by atoms with Crippen molar-refractivity contribution >= 4 is 0 Å². The van der Waals surface area contributed by atoms with Crippen LogP contribution in [0.15, 0.2) is 11.6 Å². The lowest BCUT2D eigenvalue weighted by molar-refractivity contribution is 0.159. The highest BCUT2D eigenvalue weighted by Crippen LogP contribution is 2.10. The van der Waals surface area contributed by atoms with E-state index in [4.69, 9.17) is 4.74 Å². The second kappa shape index (κ2) is 10.3. The summed E-state index contributed by atoms with van der Waals surface area (Å²) in [6.45, 7) is 11.9. The summed E-state index contributed by atoms with van der Waals surface area (Å²) in [5.41, 5.74) is 1.42. The Morgan fingerprint density at radius 3 is 2.60 bits per heavy atom. The number of rotatable bonds is 9. The number of hydrogen-bond acceptors (Lipinski definition) is 4. The van der Waals surface area contributed by atoms with E-state index in [9.17, 15) is 0 Å². The molecule has 4 nitrogen and oxygen atoms in total. The molecule has 1 fully saturated rings. The van der Waals surface area contributed by atoms with Crippen molar-refractivity contribution in [3.8, 4) is 0 Å². The zero-order valence-electron chi connectivity index (χ0n) is 13.8.